The molecule has 2 aromatic rings. The Morgan fingerprint density at radius 2 is 1.71 bits per heavy atom. The number of benzene rings is 2. The highest BCUT2D eigenvalue weighted by atomic mass is 79.9. The molecule has 182 valence electrons. The van der Waals surface area contributed by atoms with Gasteiger partial charge in [-0.25, -0.2) is 4.39 Å². The van der Waals surface area contributed by atoms with Gasteiger partial charge < -0.3 is 4.74 Å². The van der Waals surface area contributed by atoms with E-state index < -0.39 is 30.0 Å². The van der Waals surface area contributed by atoms with Crippen LogP contribution in [0.4, 0.5) is 28.9 Å². The molecule has 1 fully saturated rings. The average Bonchev–Trinajstić information content (AvgIpc) is 3.28. The lowest BCUT2D eigenvalue weighted by Gasteiger charge is -2.25. The van der Waals surface area contributed by atoms with E-state index in [-0.39, 0.29) is 28.6 Å². The minimum absolute atomic E-state index is 0.0364. The molecule has 0 heterocycles. The first kappa shape index (κ1) is 26.4. The third-order valence-corrected chi connectivity index (χ3v) is 6.42. The summed E-state index contributed by atoms with van der Waals surface area (Å²) in [5.41, 5.74) is -0.144. The largest absolute Gasteiger partial charge is 0.472 e. The van der Waals surface area contributed by atoms with Crippen molar-refractivity contribution >= 4 is 55.1 Å². The van der Waals surface area contributed by atoms with Gasteiger partial charge in [0.05, 0.1) is 9.31 Å². The van der Waals surface area contributed by atoms with Crippen molar-refractivity contribution in [1.82, 2.24) is 0 Å². The van der Waals surface area contributed by atoms with Crippen LogP contribution < -0.4 is 4.90 Å². The van der Waals surface area contributed by atoms with E-state index in [1.807, 2.05) is 19.9 Å². The normalized spacial score (nSPS) is 19.7. The third kappa shape index (κ3) is 5.71. The third-order valence-electron chi connectivity index (χ3n) is 5.89. The number of allylic oxidation sites excluding steroid dienone is 1. The van der Waals surface area contributed by atoms with Gasteiger partial charge in [0.25, 0.3) is 0 Å². The lowest BCUT2D eigenvalue weighted by Crippen LogP contribution is -2.38. The molecule has 0 N–H and O–H groups in total. The zero-order valence-electron chi connectivity index (χ0n) is 18.4. The minimum atomic E-state index is -5.16. The molecule has 1 saturated carbocycles. The first-order valence-corrected chi connectivity index (χ1v) is 11.8. The topological polar surface area (TPSA) is 46.6 Å². The van der Waals surface area contributed by atoms with E-state index >= 15 is 0 Å². The molecule has 0 bridgehead atoms. The van der Waals surface area contributed by atoms with Crippen LogP contribution >= 0.6 is 31.9 Å². The number of ether oxygens (including phenoxy) is 1. The van der Waals surface area contributed by atoms with Crippen LogP contribution in [0.15, 0.2) is 58.0 Å². The Morgan fingerprint density at radius 1 is 1.09 bits per heavy atom. The highest BCUT2D eigenvalue weighted by Crippen LogP contribution is 2.60. The summed E-state index contributed by atoms with van der Waals surface area (Å²) in [6, 6.07) is 9.82. The number of hydrogen-bond donors (Lipinski definition) is 0. The summed E-state index contributed by atoms with van der Waals surface area (Å²) in [6.07, 6.45) is -4.07. The Bertz CT molecular complexity index is 1110. The molecule has 2 aromatic carbocycles. The summed E-state index contributed by atoms with van der Waals surface area (Å²) >= 11 is 6.59. The lowest BCUT2D eigenvalue weighted by molar-refractivity contribution is -0.169. The van der Waals surface area contributed by atoms with Crippen molar-refractivity contribution in [3.63, 3.8) is 0 Å². The Labute approximate surface area is 211 Å². The van der Waals surface area contributed by atoms with E-state index in [4.69, 9.17) is 4.74 Å². The lowest BCUT2D eigenvalue weighted by atomic mass is 10.1. The molecule has 0 spiro atoms. The fourth-order valence-electron chi connectivity index (χ4n) is 3.91. The number of esters is 1. The molecule has 1 aliphatic rings. The summed E-state index contributed by atoms with van der Waals surface area (Å²) in [4.78, 5) is 25.4. The highest BCUT2D eigenvalue weighted by Gasteiger charge is 2.61. The van der Waals surface area contributed by atoms with Gasteiger partial charge in [0, 0.05) is 11.4 Å². The predicted molar refractivity (Wildman–Crippen MR) is 127 cm³/mol. The van der Waals surface area contributed by atoms with Crippen molar-refractivity contribution in [2.45, 2.75) is 33.1 Å². The predicted octanol–water partition coefficient (Wildman–Crippen LogP) is 7.56. The van der Waals surface area contributed by atoms with E-state index in [9.17, 15) is 27.2 Å². The summed E-state index contributed by atoms with van der Waals surface area (Å²) in [5, 5.41) is 0. The van der Waals surface area contributed by atoms with Crippen molar-refractivity contribution in [3.8, 4) is 0 Å². The summed E-state index contributed by atoms with van der Waals surface area (Å²) in [7, 11) is 0. The monoisotopic (exact) mass is 605 g/mol. The number of alkyl halides is 3. The van der Waals surface area contributed by atoms with Gasteiger partial charge in [0.15, 0.2) is 0 Å². The van der Waals surface area contributed by atoms with Gasteiger partial charge in [0.1, 0.15) is 11.9 Å². The van der Waals surface area contributed by atoms with Crippen LogP contribution in [0.3, 0.4) is 0 Å². The van der Waals surface area contributed by atoms with Crippen molar-refractivity contribution in [2.24, 2.45) is 17.3 Å². The van der Waals surface area contributed by atoms with Crippen LogP contribution in [0.1, 0.15) is 32.4 Å². The Kier molecular flexibility index (Phi) is 7.62. The molecule has 3 rings (SSSR count). The molecule has 3 unspecified atom stereocenters. The zero-order valence-corrected chi connectivity index (χ0v) is 21.5. The Balaban J connectivity index is 1.87. The van der Waals surface area contributed by atoms with Gasteiger partial charge in [-0.15, -0.1) is 0 Å². The van der Waals surface area contributed by atoms with Gasteiger partial charge >= 0.3 is 18.1 Å². The van der Waals surface area contributed by atoms with E-state index in [1.54, 1.807) is 13.0 Å². The number of anilines is 2. The minimum Gasteiger partial charge on any atom is -0.458 e. The molecule has 10 heteroatoms. The fourth-order valence-corrected chi connectivity index (χ4v) is 4.48. The summed E-state index contributed by atoms with van der Waals surface area (Å²) < 4.78 is 59.7. The molecule has 34 heavy (non-hydrogen) atoms. The average molecular weight is 607 g/mol. The maximum atomic E-state index is 13.3. The first-order valence-electron chi connectivity index (χ1n) is 10.2. The maximum absolute atomic E-state index is 13.3. The maximum Gasteiger partial charge on any atom is 0.472 e. The van der Waals surface area contributed by atoms with Gasteiger partial charge in [-0.05, 0) is 92.1 Å². The fraction of sp³-hybridized carbons (Fsp3) is 0.333. The number of hydrogen-bond acceptors (Lipinski definition) is 3. The number of carbonyl (C=O) groups is 2. The molecule has 0 aromatic heterocycles. The van der Waals surface area contributed by atoms with Crippen molar-refractivity contribution < 1.29 is 31.9 Å². The number of rotatable bonds is 6. The molecule has 3 atom stereocenters. The van der Waals surface area contributed by atoms with Crippen molar-refractivity contribution in [2.75, 3.05) is 4.90 Å². The number of halogens is 6. The number of amides is 1. The molecule has 0 aliphatic heterocycles. The molecule has 0 saturated heterocycles. The standard InChI is InChI=1S/C24H21Br2F4NO3/c1-13(34-21(32)20-18(12-19(25)26)23(20,2)3)14-5-4-6-17(11-14)31(22(33)24(28,29)30)16-9-7-15(27)8-10-16/h4-13,18,20H,1-3H3. The SMILES string of the molecule is CC(OC(=O)C1C(C=C(Br)Br)C1(C)C)c1cccc(N(C(=O)C(F)(F)F)c2ccc(F)cc2)c1. The molecule has 1 amide bonds. The van der Waals surface area contributed by atoms with Gasteiger partial charge in [-0.2, -0.15) is 13.2 Å². The number of carbonyl (C=O) groups excluding carboxylic acids is 2. The zero-order chi connectivity index (χ0) is 25.4. The number of nitrogens with zero attached hydrogens (tertiary/aromatic N) is 1. The molecule has 1 aliphatic carbocycles. The van der Waals surface area contributed by atoms with Gasteiger partial charge in [-0.3, -0.25) is 14.5 Å². The van der Waals surface area contributed by atoms with E-state index in [0.717, 1.165) is 27.7 Å². The Morgan fingerprint density at radius 3 is 2.26 bits per heavy atom. The molecule has 4 nitrogen and oxygen atoms in total. The van der Waals surface area contributed by atoms with Crippen molar-refractivity contribution in [3.05, 3.63) is 69.4 Å². The van der Waals surface area contributed by atoms with Crippen LogP contribution in [0.2, 0.25) is 0 Å². The van der Waals surface area contributed by atoms with Gasteiger partial charge in [-0.1, -0.05) is 32.1 Å². The quantitative estimate of drug-likeness (QED) is 0.252. The smallest absolute Gasteiger partial charge is 0.458 e. The Hall–Kier alpha value is -2.20. The second-order valence-electron chi connectivity index (χ2n) is 8.57. The molecular formula is C24H21Br2F4NO3. The van der Waals surface area contributed by atoms with Crippen molar-refractivity contribution in [1.29, 1.82) is 0 Å². The van der Waals surface area contributed by atoms with Crippen LogP contribution in [0, 0.1) is 23.1 Å². The highest BCUT2D eigenvalue weighted by molar-refractivity contribution is 9.28. The van der Waals surface area contributed by atoms with Crippen LogP contribution in [0.25, 0.3) is 0 Å². The second-order valence-corrected chi connectivity index (χ2v) is 11.3. The van der Waals surface area contributed by atoms with E-state index in [1.165, 1.54) is 18.2 Å². The van der Waals surface area contributed by atoms with Crippen LogP contribution in [-0.2, 0) is 14.3 Å². The second kappa shape index (κ2) is 9.81. The van der Waals surface area contributed by atoms with Crippen LogP contribution in [-0.4, -0.2) is 18.1 Å². The summed E-state index contributed by atoms with van der Waals surface area (Å²) in [5.74, 6) is -3.61. The molecular weight excluding hydrogens is 586 g/mol. The van der Waals surface area contributed by atoms with Gasteiger partial charge in [0.2, 0.25) is 0 Å². The molecule has 0 radical (unpaired) electrons. The van der Waals surface area contributed by atoms with Crippen LogP contribution in [0.5, 0.6) is 0 Å². The van der Waals surface area contributed by atoms with E-state index in [0.29, 0.717) is 10.5 Å². The first-order chi connectivity index (χ1) is 15.7. The summed E-state index contributed by atoms with van der Waals surface area (Å²) in [6.45, 7) is 5.49. The van der Waals surface area contributed by atoms with E-state index in [2.05, 4.69) is 31.9 Å².